The average molecular weight is 226 g/mol. The number of unbranched alkanes of at least 4 members (excludes halogenated alkanes) is 6. The smallest absolute Gasteiger partial charge is 0.176 e. The molecule has 0 radical (unpaired) electrons. The fraction of sp³-hybridized carbons (Fsp3) is 0.857. The first-order valence-corrected chi connectivity index (χ1v) is 6.83. The normalized spacial score (nSPS) is 18.3. The molecule has 16 heavy (non-hydrogen) atoms. The summed E-state index contributed by atoms with van der Waals surface area (Å²) >= 11 is 0. The molecule has 2 heteroatoms. The molecule has 0 unspecified atom stereocenters. The van der Waals surface area contributed by atoms with Crippen LogP contribution in [0, 0.1) is 0 Å². The van der Waals surface area contributed by atoms with Gasteiger partial charge in [0.25, 0.3) is 0 Å². The highest BCUT2D eigenvalue weighted by Gasteiger charge is 2.09. The highest BCUT2D eigenvalue weighted by Crippen LogP contribution is 2.09. The van der Waals surface area contributed by atoms with Gasteiger partial charge in [0.1, 0.15) is 0 Å². The third-order valence-corrected chi connectivity index (χ3v) is 2.87. The molecule has 94 valence electrons. The molecule has 1 aliphatic rings. The van der Waals surface area contributed by atoms with E-state index < -0.39 is 0 Å². The van der Waals surface area contributed by atoms with E-state index in [-0.39, 0.29) is 6.29 Å². The molecule has 2 nitrogen and oxygen atoms in total. The highest BCUT2D eigenvalue weighted by molar-refractivity contribution is 4.85. The van der Waals surface area contributed by atoms with E-state index in [1.54, 1.807) is 0 Å². The lowest BCUT2D eigenvalue weighted by molar-refractivity contribution is -0.149. The maximum Gasteiger partial charge on any atom is 0.176 e. The second-order valence-corrected chi connectivity index (χ2v) is 4.45. The molecule has 0 aliphatic carbocycles. The molecule has 0 spiro atoms. The molecule has 1 heterocycles. The summed E-state index contributed by atoms with van der Waals surface area (Å²) in [5, 5.41) is 0. The van der Waals surface area contributed by atoms with Crippen LogP contribution in [0.25, 0.3) is 0 Å². The summed E-state index contributed by atoms with van der Waals surface area (Å²) in [6.45, 7) is 3.94. The predicted molar refractivity (Wildman–Crippen MR) is 67.4 cm³/mol. The zero-order valence-corrected chi connectivity index (χ0v) is 10.6. The quantitative estimate of drug-likeness (QED) is 0.459. The van der Waals surface area contributed by atoms with Gasteiger partial charge < -0.3 is 9.47 Å². The van der Waals surface area contributed by atoms with Gasteiger partial charge in [-0.05, 0) is 25.3 Å². The standard InChI is InChI=1S/C14H26O2/c1-2-3-4-5-6-7-8-9-11-14-15-12-10-13-16-14/h9,11,14H,2-8,10,12-13H2,1H3. The van der Waals surface area contributed by atoms with Gasteiger partial charge in [-0.1, -0.05) is 45.1 Å². The molecule has 0 aromatic carbocycles. The van der Waals surface area contributed by atoms with E-state index in [4.69, 9.17) is 9.47 Å². The van der Waals surface area contributed by atoms with E-state index in [9.17, 15) is 0 Å². The van der Waals surface area contributed by atoms with Gasteiger partial charge in [0, 0.05) is 0 Å². The molecule has 0 aromatic heterocycles. The second kappa shape index (κ2) is 9.86. The molecule has 1 rings (SSSR count). The van der Waals surface area contributed by atoms with Crippen molar-refractivity contribution in [1.82, 2.24) is 0 Å². The van der Waals surface area contributed by atoms with Gasteiger partial charge in [-0.15, -0.1) is 0 Å². The molecular weight excluding hydrogens is 200 g/mol. The summed E-state index contributed by atoms with van der Waals surface area (Å²) in [6, 6.07) is 0. The van der Waals surface area contributed by atoms with E-state index in [2.05, 4.69) is 19.1 Å². The Hall–Kier alpha value is -0.340. The maximum absolute atomic E-state index is 5.43. The van der Waals surface area contributed by atoms with Crippen molar-refractivity contribution < 1.29 is 9.47 Å². The van der Waals surface area contributed by atoms with Crippen molar-refractivity contribution >= 4 is 0 Å². The number of hydrogen-bond donors (Lipinski definition) is 0. The summed E-state index contributed by atoms with van der Waals surface area (Å²) in [5.74, 6) is 0. The molecule has 1 fully saturated rings. The van der Waals surface area contributed by atoms with Crippen molar-refractivity contribution in [3.63, 3.8) is 0 Å². The Morgan fingerprint density at radius 3 is 2.44 bits per heavy atom. The lowest BCUT2D eigenvalue weighted by Crippen LogP contribution is -2.22. The first kappa shape index (κ1) is 13.7. The lowest BCUT2D eigenvalue weighted by Gasteiger charge is -2.19. The zero-order valence-electron chi connectivity index (χ0n) is 10.6. The molecule has 0 aromatic rings. The van der Waals surface area contributed by atoms with Crippen LogP contribution in [-0.4, -0.2) is 19.5 Å². The summed E-state index contributed by atoms with van der Waals surface area (Å²) in [5.41, 5.74) is 0. The van der Waals surface area contributed by atoms with E-state index in [1.165, 1.54) is 38.5 Å². The summed E-state index contributed by atoms with van der Waals surface area (Å²) in [6.07, 6.45) is 14.5. The average Bonchev–Trinajstić information content (AvgIpc) is 2.34. The van der Waals surface area contributed by atoms with Gasteiger partial charge in [0.15, 0.2) is 6.29 Å². The van der Waals surface area contributed by atoms with Crippen LogP contribution < -0.4 is 0 Å². The molecule has 1 saturated heterocycles. The van der Waals surface area contributed by atoms with Crippen molar-refractivity contribution in [2.45, 2.75) is 64.6 Å². The van der Waals surface area contributed by atoms with E-state index in [1.807, 2.05) is 0 Å². The Morgan fingerprint density at radius 1 is 1.00 bits per heavy atom. The number of allylic oxidation sites excluding steroid dienone is 1. The molecule has 0 N–H and O–H groups in total. The Kier molecular flexibility index (Phi) is 8.45. The molecular formula is C14H26O2. The molecule has 0 saturated carbocycles. The molecule has 0 atom stereocenters. The van der Waals surface area contributed by atoms with Crippen LogP contribution >= 0.6 is 0 Å². The van der Waals surface area contributed by atoms with Crippen LogP contribution in [0.15, 0.2) is 12.2 Å². The van der Waals surface area contributed by atoms with E-state index in [0.717, 1.165) is 26.1 Å². The number of ether oxygens (including phenoxy) is 2. The van der Waals surface area contributed by atoms with Crippen molar-refractivity contribution in [3.05, 3.63) is 12.2 Å². The highest BCUT2D eigenvalue weighted by atomic mass is 16.7. The molecule has 0 bridgehead atoms. The summed E-state index contributed by atoms with van der Waals surface area (Å²) < 4.78 is 10.9. The Labute approximate surface area is 100 Å². The van der Waals surface area contributed by atoms with Crippen molar-refractivity contribution in [2.75, 3.05) is 13.2 Å². The minimum atomic E-state index is -0.0751. The first-order chi connectivity index (χ1) is 7.93. The van der Waals surface area contributed by atoms with Crippen LogP contribution in [-0.2, 0) is 9.47 Å². The van der Waals surface area contributed by atoms with Crippen LogP contribution in [0.5, 0.6) is 0 Å². The minimum Gasteiger partial charge on any atom is -0.349 e. The topological polar surface area (TPSA) is 18.5 Å². The van der Waals surface area contributed by atoms with E-state index in [0.29, 0.717) is 0 Å². The first-order valence-electron chi connectivity index (χ1n) is 6.83. The second-order valence-electron chi connectivity index (χ2n) is 4.45. The van der Waals surface area contributed by atoms with Crippen LogP contribution in [0.1, 0.15) is 58.3 Å². The zero-order chi connectivity index (χ0) is 11.5. The Bertz CT molecular complexity index is 172. The van der Waals surface area contributed by atoms with Gasteiger partial charge >= 0.3 is 0 Å². The lowest BCUT2D eigenvalue weighted by atomic mass is 10.1. The summed E-state index contributed by atoms with van der Waals surface area (Å²) in [7, 11) is 0. The summed E-state index contributed by atoms with van der Waals surface area (Å²) in [4.78, 5) is 0. The van der Waals surface area contributed by atoms with Crippen molar-refractivity contribution in [3.8, 4) is 0 Å². The van der Waals surface area contributed by atoms with Crippen molar-refractivity contribution in [1.29, 1.82) is 0 Å². The maximum atomic E-state index is 5.43. The number of hydrogen-bond acceptors (Lipinski definition) is 2. The predicted octanol–water partition coefficient (Wildman–Crippen LogP) is 4.06. The van der Waals surface area contributed by atoms with Gasteiger partial charge in [-0.3, -0.25) is 0 Å². The fourth-order valence-corrected chi connectivity index (χ4v) is 1.87. The fourth-order valence-electron chi connectivity index (χ4n) is 1.87. The van der Waals surface area contributed by atoms with Crippen LogP contribution in [0.4, 0.5) is 0 Å². The van der Waals surface area contributed by atoms with Crippen LogP contribution in [0.2, 0.25) is 0 Å². The minimum absolute atomic E-state index is 0.0751. The molecule has 0 amide bonds. The third-order valence-electron chi connectivity index (χ3n) is 2.87. The molecule has 1 aliphatic heterocycles. The van der Waals surface area contributed by atoms with Gasteiger partial charge in [0.05, 0.1) is 13.2 Å². The van der Waals surface area contributed by atoms with Gasteiger partial charge in [0.2, 0.25) is 0 Å². The Balaban J connectivity index is 1.87. The van der Waals surface area contributed by atoms with Crippen LogP contribution in [0.3, 0.4) is 0 Å². The Morgan fingerprint density at radius 2 is 1.69 bits per heavy atom. The third kappa shape index (κ3) is 7.02. The largest absolute Gasteiger partial charge is 0.349 e. The van der Waals surface area contributed by atoms with E-state index >= 15 is 0 Å². The SMILES string of the molecule is CCCCCCCCC=CC1OCCCO1. The van der Waals surface area contributed by atoms with Gasteiger partial charge in [-0.25, -0.2) is 0 Å². The van der Waals surface area contributed by atoms with Crippen molar-refractivity contribution in [2.24, 2.45) is 0 Å². The van der Waals surface area contributed by atoms with Gasteiger partial charge in [-0.2, -0.15) is 0 Å². The monoisotopic (exact) mass is 226 g/mol. The number of rotatable bonds is 8.